The molecule has 182 valence electrons. The van der Waals surface area contributed by atoms with Gasteiger partial charge in [-0.2, -0.15) is 0 Å². The maximum Gasteiger partial charge on any atom is 0.419 e. The third kappa shape index (κ3) is 6.01. The molecule has 4 rings (SSSR count). The van der Waals surface area contributed by atoms with Crippen LogP contribution in [0.25, 0.3) is 0 Å². The molecule has 0 radical (unpaired) electrons. The molecule has 1 aliphatic carbocycles. The fraction of sp³-hybridized carbons (Fsp3) is 0.310. The smallest absolute Gasteiger partial charge is 0.419 e. The lowest BCUT2D eigenvalue weighted by Gasteiger charge is -2.25. The van der Waals surface area contributed by atoms with E-state index in [1.54, 1.807) is 11.8 Å². The Morgan fingerprint density at radius 3 is 2.23 bits per heavy atom. The highest BCUT2D eigenvalue weighted by Crippen LogP contribution is 2.34. The Balaban J connectivity index is 1.53. The summed E-state index contributed by atoms with van der Waals surface area (Å²) in [5.41, 5.74) is 4.64. The lowest BCUT2D eigenvalue weighted by Crippen LogP contribution is -2.31. The molecule has 6 nitrogen and oxygen atoms in total. The van der Waals surface area contributed by atoms with E-state index in [4.69, 9.17) is 14.2 Å². The van der Waals surface area contributed by atoms with Crippen molar-refractivity contribution in [3.63, 3.8) is 0 Å². The van der Waals surface area contributed by atoms with Gasteiger partial charge in [-0.15, -0.1) is 0 Å². The van der Waals surface area contributed by atoms with Crippen LogP contribution in [0.3, 0.4) is 0 Å². The molecule has 1 aliphatic rings. The maximum absolute atomic E-state index is 13.4. The van der Waals surface area contributed by atoms with Crippen LogP contribution in [0.5, 0.6) is 5.75 Å². The van der Waals surface area contributed by atoms with Crippen LogP contribution in [0, 0.1) is 6.92 Å². The number of carbonyl (C=O) groups excluding carboxylic acids is 2. The molecule has 1 atom stereocenters. The number of nitrogens with zero attached hydrogens (tertiary/aromatic N) is 1. The summed E-state index contributed by atoms with van der Waals surface area (Å²) in [6.07, 6.45) is 2.31. The molecule has 3 aromatic carbocycles. The van der Waals surface area contributed by atoms with Gasteiger partial charge in [0.15, 0.2) is 6.61 Å². The van der Waals surface area contributed by atoms with Gasteiger partial charge in [-0.25, -0.2) is 14.5 Å². The number of anilines is 2. The van der Waals surface area contributed by atoms with Crippen molar-refractivity contribution >= 4 is 23.4 Å². The number of aryl methyl sites for hydroxylation is 1. The number of para-hydroxylation sites is 2. The molecule has 1 amide bonds. The van der Waals surface area contributed by atoms with Crippen LogP contribution in [0.1, 0.15) is 36.5 Å². The Bertz CT molecular complexity index is 1110. The van der Waals surface area contributed by atoms with Crippen molar-refractivity contribution in [2.45, 2.75) is 45.6 Å². The fourth-order valence-electron chi connectivity index (χ4n) is 4.45. The van der Waals surface area contributed by atoms with Gasteiger partial charge < -0.3 is 14.2 Å². The Labute approximate surface area is 206 Å². The summed E-state index contributed by atoms with van der Waals surface area (Å²) in [5, 5.41) is 0. The first-order chi connectivity index (χ1) is 17.1. The van der Waals surface area contributed by atoms with Gasteiger partial charge in [0.05, 0.1) is 18.0 Å². The van der Waals surface area contributed by atoms with E-state index in [1.807, 2.05) is 73.7 Å². The van der Waals surface area contributed by atoms with E-state index in [0.29, 0.717) is 13.0 Å². The van der Waals surface area contributed by atoms with E-state index < -0.39 is 6.09 Å². The molecule has 0 spiro atoms. The lowest BCUT2D eigenvalue weighted by atomic mass is 9.98. The summed E-state index contributed by atoms with van der Waals surface area (Å²) < 4.78 is 17.0. The van der Waals surface area contributed by atoms with Crippen LogP contribution in [-0.4, -0.2) is 31.4 Å². The highest BCUT2D eigenvalue weighted by Gasteiger charge is 2.27. The van der Waals surface area contributed by atoms with Gasteiger partial charge >= 0.3 is 12.1 Å². The molecule has 0 aromatic heterocycles. The molecule has 3 aromatic rings. The minimum Gasteiger partial charge on any atom is -0.481 e. The largest absolute Gasteiger partial charge is 0.481 e. The van der Waals surface area contributed by atoms with Crippen LogP contribution in [0.15, 0.2) is 72.8 Å². The zero-order chi connectivity index (χ0) is 24.6. The van der Waals surface area contributed by atoms with E-state index in [0.717, 1.165) is 53.1 Å². The maximum atomic E-state index is 13.4. The van der Waals surface area contributed by atoms with E-state index in [1.165, 1.54) is 0 Å². The standard InChI is InChI=1S/C29H31NO5/c1-3-33-27(31)20-34-28-21(2)17-18-22-19-25(15-10-16-26(22)28)35-29(32)30(23-11-6-4-7-12-23)24-13-8-5-9-14-24/h4-9,11-14,17-18,25H,3,10,15-16,19-20H2,1-2H3. The van der Waals surface area contributed by atoms with Crippen molar-refractivity contribution in [3.8, 4) is 5.75 Å². The molecule has 1 unspecified atom stereocenters. The highest BCUT2D eigenvalue weighted by molar-refractivity contribution is 5.96. The molecule has 6 heteroatoms. The van der Waals surface area contributed by atoms with E-state index in [2.05, 4.69) is 6.07 Å². The molecular weight excluding hydrogens is 442 g/mol. The van der Waals surface area contributed by atoms with Gasteiger partial charge in [-0.05, 0) is 74.1 Å². The molecule has 0 saturated heterocycles. The second-order valence-corrected chi connectivity index (χ2v) is 8.55. The van der Waals surface area contributed by atoms with Crippen molar-refractivity contribution in [3.05, 3.63) is 89.5 Å². The van der Waals surface area contributed by atoms with Crippen LogP contribution >= 0.6 is 0 Å². The number of fused-ring (bicyclic) bond motifs is 1. The van der Waals surface area contributed by atoms with Gasteiger partial charge in [0.25, 0.3) is 0 Å². The average Bonchev–Trinajstić information content (AvgIpc) is 3.07. The van der Waals surface area contributed by atoms with Crippen LogP contribution in [0.2, 0.25) is 0 Å². The first-order valence-corrected chi connectivity index (χ1v) is 12.1. The molecule has 0 fully saturated rings. The summed E-state index contributed by atoms with van der Waals surface area (Å²) in [6, 6.07) is 23.1. The monoisotopic (exact) mass is 473 g/mol. The predicted molar refractivity (Wildman–Crippen MR) is 135 cm³/mol. The van der Waals surface area contributed by atoms with Crippen molar-refractivity contribution in [1.82, 2.24) is 0 Å². The average molecular weight is 474 g/mol. The van der Waals surface area contributed by atoms with Gasteiger partial charge in [-0.3, -0.25) is 0 Å². The Hall–Kier alpha value is -3.80. The van der Waals surface area contributed by atoms with E-state index in [9.17, 15) is 9.59 Å². The van der Waals surface area contributed by atoms with Gasteiger partial charge in [0.1, 0.15) is 11.9 Å². The van der Waals surface area contributed by atoms with E-state index in [-0.39, 0.29) is 18.7 Å². The number of hydrogen-bond acceptors (Lipinski definition) is 5. The minimum absolute atomic E-state index is 0.118. The number of hydrogen-bond donors (Lipinski definition) is 0. The molecule has 35 heavy (non-hydrogen) atoms. The van der Waals surface area contributed by atoms with Crippen molar-refractivity contribution in [1.29, 1.82) is 0 Å². The summed E-state index contributed by atoms with van der Waals surface area (Å²) in [7, 11) is 0. The topological polar surface area (TPSA) is 65.1 Å². The second kappa shape index (κ2) is 11.6. The van der Waals surface area contributed by atoms with Gasteiger partial charge in [-0.1, -0.05) is 48.5 Å². The number of carbonyl (C=O) groups is 2. The molecule has 0 heterocycles. The van der Waals surface area contributed by atoms with E-state index >= 15 is 0 Å². The predicted octanol–water partition coefficient (Wildman–Crippen LogP) is 6.16. The van der Waals surface area contributed by atoms with Gasteiger partial charge in [0.2, 0.25) is 0 Å². The van der Waals surface area contributed by atoms with Crippen LogP contribution in [-0.2, 0) is 27.1 Å². The zero-order valence-corrected chi connectivity index (χ0v) is 20.2. The summed E-state index contributed by atoms with van der Waals surface area (Å²) in [5.74, 6) is 0.351. The number of amides is 1. The molecule has 0 saturated carbocycles. The van der Waals surface area contributed by atoms with Crippen LogP contribution < -0.4 is 9.64 Å². The van der Waals surface area contributed by atoms with Crippen molar-refractivity contribution in [2.24, 2.45) is 0 Å². The minimum atomic E-state index is -0.401. The molecule has 0 aliphatic heterocycles. The van der Waals surface area contributed by atoms with Crippen LogP contribution in [0.4, 0.5) is 16.2 Å². The molecular formula is C29H31NO5. The van der Waals surface area contributed by atoms with Crippen molar-refractivity contribution < 1.29 is 23.8 Å². The Morgan fingerprint density at radius 2 is 1.60 bits per heavy atom. The summed E-state index contributed by atoms with van der Waals surface area (Å²) >= 11 is 0. The fourth-order valence-corrected chi connectivity index (χ4v) is 4.45. The Kier molecular flexibility index (Phi) is 8.03. The first kappa shape index (κ1) is 24.3. The third-order valence-corrected chi connectivity index (χ3v) is 6.07. The second-order valence-electron chi connectivity index (χ2n) is 8.55. The highest BCUT2D eigenvalue weighted by atomic mass is 16.6. The number of benzene rings is 3. The first-order valence-electron chi connectivity index (χ1n) is 12.1. The number of ether oxygens (including phenoxy) is 3. The lowest BCUT2D eigenvalue weighted by molar-refractivity contribution is -0.145. The number of esters is 1. The summed E-state index contributed by atoms with van der Waals surface area (Å²) in [4.78, 5) is 26.9. The molecule has 0 N–H and O–H groups in total. The quantitative estimate of drug-likeness (QED) is 0.304. The third-order valence-electron chi connectivity index (χ3n) is 6.07. The summed E-state index contributed by atoms with van der Waals surface area (Å²) in [6.45, 7) is 3.95. The van der Waals surface area contributed by atoms with Gasteiger partial charge in [0, 0.05) is 6.42 Å². The van der Waals surface area contributed by atoms with Crippen molar-refractivity contribution in [2.75, 3.05) is 18.1 Å². The zero-order valence-electron chi connectivity index (χ0n) is 20.2. The Morgan fingerprint density at radius 1 is 0.943 bits per heavy atom. The molecule has 0 bridgehead atoms. The SMILES string of the molecule is CCOC(=O)COc1c(C)ccc2c1CCCC(OC(=O)N(c1ccccc1)c1ccccc1)C2. The normalized spacial score (nSPS) is 14.9. The number of rotatable bonds is 7.